The van der Waals surface area contributed by atoms with Gasteiger partial charge < -0.3 is 9.84 Å². The number of rotatable bonds is 7. The molecular formula is C14H21NO5S. The van der Waals surface area contributed by atoms with Gasteiger partial charge in [-0.25, -0.2) is 17.9 Å². The summed E-state index contributed by atoms with van der Waals surface area (Å²) in [6.45, 7) is 3.90. The van der Waals surface area contributed by atoms with Crippen LogP contribution in [-0.2, 0) is 14.8 Å². The van der Waals surface area contributed by atoms with Crippen LogP contribution in [0, 0.1) is 5.41 Å². The number of hydrogen-bond donors (Lipinski definition) is 2. The molecule has 118 valence electrons. The minimum Gasteiger partial charge on any atom is -0.465 e. The molecule has 6 nitrogen and oxygen atoms in total. The summed E-state index contributed by atoms with van der Waals surface area (Å²) >= 11 is 0. The van der Waals surface area contributed by atoms with Gasteiger partial charge in [-0.3, -0.25) is 0 Å². The average Bonchev–Trinajstić information content (AvgIpc) is 2.45. The Morgan fingerprint density at radius 2 is 2.05 bits per heavy atom. The molecule has 0 unspecified atom stereocenters. The normalized spacial score (nSPS) is 12.2. The number of methoxy groups -OCH3 is 1. The van der Waals surface area contributed by atoms with Crippen LogP contribution in [0.1, 0.15) is 30.6 Å². The van der Waals surface area contributed by atoms with Gasteiger partial charge in [0.25, 0.3) is 0 Å². The Hall–Kier alpha value is -1.44. The van der Waals surface area contributed by atoms with Crippen LogP contribution in [0.2, 0.25) is 0 Å². The molecule has 0 saturated heterocycles. The summed E-state index contributed by atoms with van der Waals surface area (Å²) in [4.78, 5) is 11.4. The fraction of sp³-hybridized carbons (Fsp3) is 0.500. The summed E-state index contributed by atoms with van der Waals surface area (Å²) in [5, 5.41) is 8.94. The number of aliphatic hydroxyl groups is 1. The van der Waals surface area contributed by atoms with Crippen molar-refractivity contribution < 1.29 is 23.1 Å². The van der Waals surface area contributed by atoms with E-state index in [1.807, 2.05) is 13.8 Å². The maximum atomic E-state index is 12.2. The molecule has 0 amide bonds. The van der Waals surface area contributed by atoms with Gasteiger partial charge in [0.2, 0.25) is 10.0 Å². The highest BCUT2D eigenvalue weighted by atomic mass is 32.2. The number of ether oxygens (including phenoxy) is 1. The molecule has 1 rings (SSSR count). The van der Waals surface area contributed by atoms with E-state index in [2.05, 4.69) is 9.46 Å². The monoisotopic (exact) mass is 315 g/mol. The number of nitrogens with one attached hydrogen (secondary N) is 1. The lowest BCUT2D eigenvalue weighted by Crippen LogP contribution is -2.34. The van der Waals surface area contributed by atoms with Crippen LogP contribution < -0.4 is 4.72 Å². The smallest absolute Gasteiger partial charge is 0.337 e. The van der Waals surface area contributed by atoms with E-state index >= 15 is 0 Å². The first-order valence-electron chi connectivity index (χ1n) is 6.51. The number of sulfonamides is 1. The van der Waals surface area contributed by atoms with Crippen molar-refractivity contribution >= 4 is 16.0 Å². The Morgan fingerprint density at radius 1 is 1.38 bits per heavy atom. The maximum absolute atomic E-state index is 12.2. The molecule has 0 radical (unpaired) electrons. The molecule has 7 heteroatoms. The molecule has 0 atom stereocenters. The quantitative estimate of drug-likeness (QED) is 0.737. The first kappa shape index (κ1) is 17.6. The van der Waals surface area contributed by atoms with Crippen LogP contribution in [0.3, 0.4) is 0 Å². The Bertz CT molecular complexity index is 595. The van der Waals surface area contributed by atoms with Gasteiger partial charge in [-0.1, -0.05) is 19.9 Å². The second-order valence-corrected chi connectivity index (χ2v) is 7.25. The largest absolute Gasteiger partial charge is 0.465 e. The lowest BCUT2D eigenvalue weighted by molar-refractivity contribution is 0.0600. The van der Waals surface area contributed by atoms with E-state index in [4.69, 9.17) is 5.11 Å². The molecule has 0 aliphatic rings. The number of carbonyl (C=O) groups is 1. The van der Waals surface area contributed by atoms with Crippen LogP contribution in [0.15, 0.2) is 29.2 Å². The van der Waals surface area contributed by atoms with E-state index in [-0.39, 0.29) is 29.0 Å². The van der Waals surface area contributed by atoms with E-state index in [1.54, 1.807) is 0 Å². The minimum absolute atomic E-state index is 0.00481. The zero-order valence-electron chi connectivity index (χ0n) is 12.4. The van der Waals surface area contributed by atoms with Gasteiger partial charge in [-0.2, -0.15) is 0 Å². The van der Waals surface area contributed by atoms with E-state index < -0.39 is 16.0 Å². The Kier molecular flexibility index (Phi) is 5.88. The lowest BCUT2D eigenvalue weighted by Gasteiger charge is -2.23. The Morgan fingerprint density at radius 3 is 2.62 bits per heavy atom. The second kappa shape index (κ2) is 7.02. The third kappa shape index (κ3) is 5.11. The van der Waals surface area contributed by atoms with E-state index in [1.165, 1.54) is 31.4 Å². The molecule has 1 aromatic carbocycles. The van der Waals surface area contributed by atoms with Crippen LogP contribution >= 0.6 is 0 Å². The first-order valence-corrected chi connectivity index (χ1v) is 7.99. The average molecular weight is 315 g/mol. The zero-order chi connectivity index (χ0) is 16.1. The number of carbonyl (C=O) groups excluding carboxylic acids is 1. The van der Waals surface area contributed by atoms with Crippen LogP contribution in [-0.4, -0.2) is 39.8 Å². The highest BCUT2D eigenvalue weighted by Gasteiger charge is 2.22. The first-order chi connectivity index (χ1) is 9.72. The van der Waals surface area contributed by atoms with Gasteiger partial charge >= 0.3 is 5.97 Å². The Balaban J connectivity index is 2.91. The molecule has 0 bridgehead atoms. The van der Waals surface area contributed by atoms with Gasteiger partial charge in [-0.05, 0) is 30.0 Å². The van der Waals surface area contributed by atoms with Crippen molar-refractivity contribution in [2.45, 2.75) is 25.2 Å². The highest BCUT2D eigenvalue weighted by Crippen LogP contribution is 2.20. The molecule has 0 spiro atoms. The zero-order valence-corrected chi connectivity index (χ0v) is 13.2. The summed E-state index contributed by atoms with van der Waals surface area (Å²) in [5.74, 6) is -0.590. The summed E-state index contributed by atoms with van der Waals surface area (Å²) in [6, 6.07) is 5.65. The van der Waals surface area contributed by atoms with Crippen molar-refractivity contribution in [3.63, 3.8) is 0 Å². The molecule has 21 heavy (non-hydrogen) atoms. The van der Waals surface area contributed by atoms with Crippen molar-refractivity contribution in [3.8, 4) is 0 Å². The van der Waals surface area contributed by atoms with Gasteiger partial charge in [0, 0.05) is 13.2 Å². The van der Waals surface area contributed by atoms with Crippen LogP contribution in [0.5, 0.6) is 0 Å². The molecule has 1 aromatic rings. The minimum atomic E-state index is -3.72. The predicted octanol–water partition coefficient (Wildman–Crippen LogP) is 1.16. The number of aliphatic hydroxyl groups excluding tert-OH is 1. The van der Waals surface area contributed by atoms with Crippen molar-refractivity contribution in [1.29, 1.82) is 0 Å². The van der Waals surface area contributed by atoms with Crippen molar-refractivity contribution in [2.24, 2.45) is 5.41 Å². The standard InChI is InChI=1S/C14H21NO5S/c1-14(2,7-8-16)10-15-21(18,19)12-6-4-5-11(9-12)13(17)20-3/h4-6,9,15-16H,7-8,10H2,1-3H3. The molecule has 0 aliphatic carbocycles. The Labute approximate surface area is 125 Å². The highest BCUT2D eigenvalue weighted by molar-refractivity contribution is 7.89. The topological polar surface area (TPSA) is 92.7 Å². The molecule has 0 aromatic heterocycles. The predicted molar refractivity (Wildman–Crippen MR) is 78.5 cm³/mol. The van der Waals surface area contributed by atoms with Gasteiger partial charge in [0.05, 0.1) is 17.6 Å². The number of benzene rings is 1. The maximum Gasteiger partial charge on any atom is 0.337 e. The van der Waals surface area contributed by atoms with Crippen molar-refractivity contribution in [2.75, 3.05) is 20.3 Å². The van der Waals surface area contributed by atoms with Crippen LogP contribution in [0.25, 0.3) is 0 Å². The third-order valence-corrected chi connectivity index (χ3v) is 4.49. The second-order valence-electron chi connectivity index (χ2n) is 5.48. The SMILES string of the molecule is COC(=O)c1cccc(S(=O)(=O)NCC(C)(C)CCO)c1. The fourth-order valence-electron chi connectivity index (χ4n) is 1.67. The molecular weight excluding hydrogens is 294 g/mol. The van der Waals surface area contributed by atoms with E-state index in [9.17, 15) is 13.2 Å². The number of esters is 1. The molecule has 0 aliphatic heterocycles. The summed E-state index contributed by atoms with van der Waals surface area (Å²) in [5.41, 5.74) is -0.183. The van der Waals surface area contributed by atoms with Crippen LogP contribution in [0.4, 0.5) is 0 Å². The van der Waals surface area contributed by atoms with Crippen molar-refractivity contribution in [1.82, 2.24) is 4.72 Å². The third-order valence-electron chi connectivity index (χ3n) is 3.09. The van der Waals surface area contributed by atoms with Crippen molar-refractivity contribution in [3.05, 3.63) is 29.8 Å². The number of hydrogen-bond acceptors (Lipinski definition) is 5. The summed E-state index contributed by atoms with van der Waals surface area (Å²) < 4.78 is 31.5. The van der Waals surface area contributed by atoms with E-state index in [0.29, 0.717) is 6.42 Å². The summed E-state index contributed by atoms with van der Waals surface area (Å²) in [6.07, 6.45) is 0.484. The van der Waals surface area contributed by atoms with Gasteiger partial charge in [0.1, 0.15) is 0 Å². The lowest BCUT2D eigenvalue weighted by atomic mass is 9.90. The summed E-state index contributed by atoms with van der Waals surface area (Å²) in [7, 11) is -2.48. The molecule has 2 N–H and O–H groups in total. The molecule has 0 heterocycles. The van der Waals surface area contributed by atoms with Gasteiger partial charge in [-0.15, -0.1) is 0 Å². The van der Waals surface area contributed by atoms with Gasteiger partial charge in [0.15, 0.2) is 0 Å². The van der Waals surface area contributed by atoms with E-state index in [0.717, 1.165) is 0 Å². The molecule has 0 saturated carbocycles. The fourth-order valence-corrected chi connectivity index (χ4v) is 2.96. The molecule has 0 fully saturated rings.